The Morgan fingerprint density at radius 2 is 2.14 bits per heavy atom. The van der Waals surface area contributed by atoms with Crippen molar-refractivity contribution >= 4 is 40.2 Å². The van der Waals surface area contributed by atoms with E-state index in [0.29, 0.717) is 16.4 Å². The van der Waals surface area contributed by atoms with Gasteiger partial charge in [-0.15, -0.1) is 11.3 Å². The van der Waals surface area contributed by atoms with Gasteiger partial charge in [-0.05, 0) is 31.5 Å². The third-order valence-corrected chi connectivity index (χ3v) is 4.73. The molecule has 21 heavy (non-hydrogen) atoms. The average Bonchev–Trinajstić information content (AvgIpc) is 2.82. The molecule has 0 unspecified atom stereocenters. The number of nitrogens with zero attached hydrogens (tertiary/aromatic N) is 3. The molecule has 0 saturated heterocycles. The molecule has 0 radical (unpaired) electrons. The standard InChI is InChI=1S/C15H16ClN3OS/c1-10-17-9-14(21-10)15(20)19-7-3-6-18(2)12-5-4-11(16)8-13(12)19/h4-5,8-9H,3,6-7H2,1-2H3. The Kier molecular flexibility index (Phi) is 3.87. The fraction of sp³-hybridized carbons (Fsp3) is 0.333. The molecule has 6 heteroatoms. The normalized spacial score (nSPS) is 14.8. The minimum Gasteiger partial charge on any atom is -0.373 e. The van der Waals surface area contributed by atoms with Crippen molar-refractivity contribution in [3.63, 3.8) is 0 Å². The number of carbonyl (C=O) groups excluding carboxylic acids is 1. The molecule has 3 rings (SSSR count). The Hall–Kier alpha value is -1.59. The van der Waals surface area contributed by atoms with Gasteiger partial charge in [0, 0.05) is 25.2 Å². The van der Waals surface area contributed by atoms with Gasteiger partial charge in [-0.2, -0.15) is 0 Å². The van der Waals surface area contributed by atoms with E-state index in [1.54, 1.807) is 6.20 Å². The number of rotatable bonds is 1. The molecule has 2 aromatic rings. The van der Waals surface area contributed by atoms with Gasteiger partial charge in [0.1, 0.15) is 4.88 Å². The van der Waals surface area contributed by atoms with Gasteiger partial charge in [0.15, 0.2) is 0 Å². The smallest absolute Gasteiger partial charge is 0.270 e. The van der Waals surface area contributed by atoms with Crippen molar-refractivity contribution in [3.8, 4) is 0 Å². The van der Waals surface area contributed by atoms with Crippen molar-refractivity contribution in [1.29, 1.82) is 0 Å². The zero-order chi connectivity index (χ0) is 15.0. The molecule has 0 aliphatic carbocycles. The lowest BCUT2D eigenvalue weighted by Crippen LogP contribution is -2.31. The summed E-state index contributed by atoms with van der Waals surface area (Å²) >= 11 is 7.56. The summed E-state index contributed by atoms with van der Waals surface area (Å²) in [5.41, 5.74) is 1.91. The van der Waals surface area contributed by atoms with Gasteiger partial charge in [-0.25, -0.2) is 4.98 Å². The first kappa shape index (κ1) is 14.4. The zero-order valence-corrected chi connectivity index (χ0v) is 13.5. The van der Waals surface area contributed by atoms with Crippen molar-refractivity contribution in [1.82, 2.24) is 4.98 Å². The Morgan fingerprint density at radius 3 is 2.86 bits per heavy atom. The molecule has 0 N–H and O–H groups in total. The van der Waals surface area contributed by atoms with E-state index < -0.39 is 0 Å². The third-order valence-electron chi connectivity index (χ3n) is 3.59. The maximum absolute atomic E-state index is 12.8. The molecule has 0 saturated carbocycles. The quantitative estimate of drug-likeness (QED) is 0.805. The highest BCUT2D eigenvalue weighted by atomic mass is 35.5. The Bertz CT molecular complexity index is 685. The van der Waals surface area contributed by atoms with Gasteiger partial charge in [-0.3, -0.25) is 4.79 Å². The second-order valence-corrected chi connectivity index (χ2v) is 6.78. The summed E-state index contributed by atoms with van der Waals surface area (Å²) in [7, 11) is 2.04. The van der Waals surface area contributed by atoms with E-state index in [4.69, 9.17) is 11.6 Å². The first-order valence-electron chi connectivity index (χ1n) is 6.81. The van der Waals surface area contributed by atoms with Crippen molar-refractivity contribution in [3.05, 3.63) is 39.3 Å². The summed E-state index contributed by atoms with van der Waals surface area (Å²) in [5.74, 6) is -0.000540. The lowest BCUT2D eigenvalue weighted by molar-refractivity contribution is 0.0991. The fourth-order valence-corrected chi connectivity index (χ4v) is 3.44. The molecule has 1 amide bonds. The van der Waals surface area contributed by atoms with Crippen LogP contribution in [0.2, 0.25) is 5.02 Å². The van der Waals surface area contributed by atoms with Crippen LogP contribution in [0.4, 0.5) is 11.4 Å². The molecule has 0 fully saturated rings. The molecule has 4 nitrogen and oxygen atoms in total. The summed E-state index contributed by atoms with van der Waals surface area (Å²) in [4.78, 5) is 21.6. The van der Waals surface area contributed by atoms with E-state index in [-0.39, 0.29) is 5.91 Å². The summed E-state index contributed by atoms with van der Waals surface area (Å²) in [6, 6.07) is 5.70. The van der Waals surface area contributed by atoms with Crippen LogP contribution in [-0.2, 0) is 0 Å². The molecular weight excluding hydrogens is 306 g/mol. The predicted molar refractivity (Wildman–Crippen MR) is 87.9 cm³/mol. The van der Waals surface area contributed by atoms with Crippen molar-refractivity contribution in [2.45, 2.75) is 13.3 Å². The monoisotopic (exact) mass is 321 g/mol. The second kappa shape index (κ2) is 5.66. The number of hydrogen-bond acceptors (Lipinski definition) is 4. The van der Waals surface area contributed by atoms with Gasteiger partial charge in [0.2, 0.25) is 0 Å². The highest BCUT2D eigenvalue weighted by Gasteiger charge is 2.25. The number of thiazole rings is 1. The average molecular weight is 322 g/mol. The molecule has 110 valence electrons. The fourth-order valence-electron chi connectivity index (χ4n) is 2.55. The van der Waals surface area contributed by atoms with Crippen LogP contribution < -0.4 is 9.80 Å². The van der Waals surface area contributed by atoms with Gasteiger partial charge < -0.3 is 9.80 Å². The van der Waals surface area contributed by atoms with Crippen LogP contribution in [0.25, 0.3) is 0 Å². The molecule has 1 aliphatic heterocycles. The van der Waals surface area contributed by atoms with Gasteiger partial charge >= 0.3 is 0 Å². The number of aryl methyl sites for hydroxylation is 1. The Labute approximate surface area is 133 Å². The third kappa shape index (κ3) is 2.76. The maximum Gasteiger partial charge on any atom is 0.270 e. The number of benzene rings is 1. The van der Waals surface area contributed by atoms with Crippen LogP contribution in [0.1, 0.15) is 21.1 Å². The van der Waals surface area contributed by atoms with E-state index in [1.807, 2.05) is 37.1 Å². The van der Waals surface area contributed by atoms with E-state index in [9.17, 15) is 4.79 Å². The Morgan fingerprint density at radius 1 is 1.33 bits per heavy atom. The van der Waals surface area contributed by atoms with Crippen LogP contribution in [0, 0.1) is 6.92 Å². The van der Waals surface area contributed by atoms with Crippen molar-refractivity contribution in [2.75, 3.05) is 29.9 Å². The van der Waals surface area contributed by atoms with Crippen LogP contribution in [0.15, 0.2) is 24.4 Å². The molecule has 0 spiro atoms. The number of anilines is 2. The van der Waals surface area contributed by atoms with Crippen LogP contribution >= 0.6 is 22.9 Å². The Balaban J connectivity index is 2.04. The minimum atomic E-state index is -0.000540. The first-order chi connectivity index (χ1) is 10.1. The lowest BCUT2D eigenvalue weighted by atomic mass is 10.2. The number of aromatic nitrogens is 1. The number of hydrogen-bond donors (Lipinski definition) is 0. The highest BCUT2D eigenvalue weighted by molar-refractivity contribution is 7.13. The molecule has 1 aromatic carbocycles. The van der Waals surface area contributed by atoms with Crippen LogP contribution in [0.5, 0.6) is 0 Å². The topological polar surface area (TPSA) is 36.4 Å². The van der Waals surface area contributed by atoms with Crippen molar-refractivity contribution < 1.29 is 4.79 Å². The molecule has 1 aromatic heterocycles. The molecule has 0 atom stereocenters. The van der Waals surface area contributed by atoms with Gasteiger partial charge in [-0.1, -0.05) is 11.6 Å². The van der Waals surface area contributed by atoms with Crippen LogP contribution in [0.3, 0.4) is 0 Å². The largest absolute Gasteiger partial charge is 0.373 e. The number of amides is 1. The number of carbonyl (C=O) groups is 1. The molecular formula is C15H16ClN3OS. The van der Waals surface area contributed by atoms with Gasteiger partial charge in [0.05, 0.1) is 22.6 Å². The zero-order valence-electron chi connectivity index (χ0n) is 12.0. The highest BCUT2D eigenvalue weighted by Crippen LogP contribution is 2.35. The summed E-state index contributed by atoms with van der Waals surface area (Å²) < 4.78 is 0. The van der Waals surface area contributed by atoms with Crippen LogP contribution in [-0.4, -0.2) is 31.0 Å². The summed E-state index contributed by atoms with van der Waals surface area (Å²) in [5, 5.41) is 1.54. The van der Waals surface area contributed by atoms with E-state index in [1.165, 1.54) is 11.3 Å². The van der Waals surface area contributed by atoms with Gasteiger partial charge in [0.25, 0.3) is 5.91 Å². The molecule has 2 heterocycles. The summed E-state index contributed by atoms with van der Waals surface area (Å²) in [6.45, 7) is 3.51. The SMILES string of the molecule is Cc1ncc(C(=O)N2CCCN(C)c3ccc(Cl)cc32)s1. The predicted octanol–water partition coefficient (Wildman–Crippen LogP) is 3.59. The minimum absolute atomic E-state index is 0.000540. The van der Waals surface area contributed by atoms with Crippen molar-refractivity contribution in [2.24, 2.45) is 0 Å². The summed E-state index contributed by atoms with van der Waals surface area (Å²) in [6.07, 6.45) is 2.58. The lowest BCUT2D eigenvalue weighted by Gasteiger charge is -2.24. The molecule has 1 aliphatic rings. The van der Waals surface area contributed by atoms with E-state index >= 15 is 0 Å². The van der Waals surface area contributed by atoms with E-state index in [2.05, 4.69) is 9.88 Å². The second-order valence-electron chi connectivity index (χ2n) is 5.11. The number of halogens is 1. The maximum atomic E-state index is 12.8. The first-order valence-corrected chi connectivity index (χ1v) is 8.00. The van der Waals surface area contributed by atoms with E-state index in [0.717, 1.165) is 29.3 Å². The number of fused-ring (bicyclic) bond motifs is 1. The molecule has 0 bridgehead atoms.